The van der Waals surface area contributed by atoms with Crippen molar-refractivity contribution in [2.24, 2.45) is 0 Å². The van der Waals surface area contributed by atoms with Gasteiger partial charge in [0.25, 0.3) is 0 Å². The molecule has 1 saturated carbocycles. The molecule has 2 rings (SSSR count). The SMILES string of the molecule is CC1=CC(C)(NC2CCCCCCCCCCC2=[Si](C)C)C(C)=C1C. The Morgan fingerprint density at radius 3 is 2.00 bits per heavy atom. The first-order chi connectivity index (χ1) is 11.8. The van der Waals surface area contributed by atoms with Gasteiger partial charge in [-0.05, 0) is 58.1 Å². The van der Waals surface area contributed by atoms with E-state index in [1.165, 1.54) is 80.9 Å². The van der Waals surface area contributed by atoms with Crippen LogP contribution in [0.15, 0.2) is 22.8 Å². The Bertz CT molecular complexity index is 550. The maximum absolute atomic E-state index is 4.14. The lowest BCUT2D eigenvalue weighted by atomic mass is 9.91. The van der Waals surface area contributed by atoms with E-state index in [4.69, 9.17) is 0 Å². The topological polar surface area (TPSA) is 12.0 Å². The first-order valence-corrected chi connectivity index (χ1v) is 13.2. The normalized spacial score (nSPS) is 29.9. The fraction of sp³-hybridized carbons (Fsp3) is 0.783. The van der Waals surface area contributed by atoms with Crippen LogP contribution >= 0.6 is 0 Å². The second-order valence-corrected chi connectivity index (χ2v) is 11.5. The number of hydrogen-bond acceptors (Lipinski definition) is 1. The summed E-state index contributed by atoms with van der Waals surface area (Å²) in [5.41, 5.74) is 4.53. The Hall–Kier alpha value is -0.473. The van der Waals surface area contributed by atoms with E-state index in [9.17, 15) is 0 Å². The molecule has 0 bridgehead atoms. The standard InChI is InChI=1S/C23H41NSi/c1-18-17-23(4,20(3)19(18)2)24-21-15-13-11-9-7-8-10-12-14-16-22(21)25(5)6/h17,21,24H,7-16H2,1-6H3. The van der Waals surface area contributed by atoms with Crippen LogP contribution in [0.5, 0.6) is 0 Å². The van der Waals surface area contributed by atoms with Crippen LogP contribution in [0.1, 0.15) is 91.9 Å². The van der Waals surface area contributed by atoms with E-state index < -0.39 is 0 Å². The third-order valence-corrected chi connectivity index (χ3v) is 8.55. The summed E-state index contributed by atoms with van der Waals surface area (Å²) in [7, 11) is -0.365. The van der Waals surface area contributed by atoms with Gasteiger partial charge in [-0.2, -0.15) is 0 Å². The van der Waals surface area contributed by atoms with Crippen molar-refractivity contribution in [3.05, 3.63) is 22.8 Å². The molecule has 0 amide bonds. The average Bonchev–Trinajstić information content (AvgIpc) is 2.73. The first-order valence-electron chi connectivity index (χ1n) is 10.7. The van der Waals surface area contributed by atoms with Crippen LogP contribution < -0.4 is 5.32 Å². The molecule has 0 aromatic heterocycles. The van der Waals surface area contributed by atoms with E-state index in [-0.39, 0.29) is 13.9 Å². The predicted octanol–water partition coefficient (Wildman–Crippen LogP) is 6.42. The summed E-state index contributed by atoms with van der Waals surface area (Å²) in [4.78, 5) is 0. The lowest BCUT2D eigenvalue weighted by molar-refractivity contribution is 0.434. The minimum atomic E-state index is -0.365. The molecule has 1 nitrogen and oxygen atoms in total. The molecule has 2 aliphatic carbocycles. The molecule has 0 spiro atoms. The Morgan fingerprint density at radius 1 is 0.920 bits per heavy atom. The molecule has 1 fully saturated rings. The maximum Gasteiger partial charge on any atom is 0.0564 e. The molecule has 0 aromatic carbocycles. The van der Waals surface area contributed by atoms with Crippen molar-refractivity contribution in [2.75, 3.05) is 0 Å². The summed E-state index contributed by atoms with van der Waals surface area (Å²) >= 11 is 0. The highest BCUT2D eigenvalue weighted by Crippen LogP contribution is 2.34. The largest absolute Gasteiger partial charge is 0.298 e. The van der Waals surface area contributed by atoms with Gasteiger partial charge >= 0.3 is 0 Å². The summed E-state index contributed by atoms with van der Waals surface area (Å²) in [6.45, 7) is 14.3. The summed E-state index contributed by atoms with van der Waals surface area (Å²) < 4.78 is 0. The second kappa shape index (κ2) is 9.46. The van der Waals surface area contributed by atoms with Gasteiger partial charge in [0, 0.05) is 14.5 Å². The average molecular weight is 360 g/mol. The number of allylic oxidation sites excluding steroid dienone is 2. The number of nitrogens with one attached hydrogen (secondary N) is 1. The minimum Gasteiger partial charge on any atom is -0.298 e. The Balaban J connectivity index is 2.21. The lowest BCUT2D eigenvalue weighted by Crippen LogP contribution is -2.51. The third kappa shape index (κ3) is 5.50. The van der Waals surface area contributed by atoms with Crippen molar-refractivity contribution in [3.63, 3.8) is 0 Å². The number of hydrogen-bond donors (Lipinski definition) is 1. The Kier molecular flexibility index (Phi) is 7.88. The molecule has 0 aliphatic heterocycles. The zero-order chi connectivity index (χ0) is 18.4. The summed E-state index contributed by atoms with van der Waals surface area (Å²) in [6, 6.07) is 0.609. The van der Waals surface area contributed by atoms with Crippen molar-refractivity contribution < 1.29 is 0 Å². The highest BCUT2D eigenvalue weighted by molar-refractivity contribution is 6.69. The van der Waals surface area contributed by atoms with Crippen molar-refractivity contribution >= 4 is 13.6 Å². The number of rotatable bonds is 2. The van der Waals surface area contributed by atoms with E-state index in [2.05, 4.69) is 52.2 Å². The molecule has 0 aromatic rings. The monoisotopic (exact) mass is 359 g/mol. The lowest BCUT2D eigenvalue weighted by Gasteiger charge is -2.35. The van der Waals surface area contributed by atoms with Gasteiger partial charge in [-0.3, -0.25) is 5.32 Å². The molecule has 0 radical (unpaired) electrons. The first kappa shape index (κ1) is 20.8. The predicted molar refractivity (Wildman–Crippen MR) is 116 cm³/mol. The molecular formula is C23H41NSi. The fourth-order valence-corrected chi connectivity index (χ4v) is 6.27. The summed E-state index contributed by atoms with van der Waals surface area (Å²) in [5.74, 6) is 0. The maximum atomic E-state index is 4.14. The van der Waals surface area contributed by atoms with Crippen LogP contribution in [0.4, 0.5) is 0 Å². The highest BCUT2D eigenvalue weighted by atomic mass is 28.2. The van der Waals surface area contributed by atoms with Crippen molar-refractivity contribution in [1.82, 2.24) is 5.32 Å². The molecular weight excluding hydrogens is 318 g/mol. The van der Waals surface area contributed by atoms with Gasteiger partial charge < -0.3 is 0 Å². The van der Waals surface area contributed by atoms with Crippen LogP contribution in [0, 0.1) is 0 Å². The van der Waals surface area contributed by atoms with Gasteiger partial charge in [0.2, 0.25) is 0 Å². The quantitative estimate of drug-likeness (QED) is 0.561. The van der Waals surface area contributed by atoms with E-state index in [1.54, 1.807) is 0 Å². The smallest absolute Gasteiger partial charge is 0.0564 e. The van der Waals surface area contributed by atoms with Gasteiger partial charge in [-0.25, -0.2) is 0 Å². The Morgan fingerprint density at radius 2 is 1.48 bits per heavy atom. The Labute approximate surface area is 158 Å². The molecule has 2 unspecified atom stereocenters. The highest BCUT2D eigenvalue weighted by Gasteiger charge is 2.33. The van der Waals surface area contributed by atoms with Crippen molar-refractivity contribution in [3.8, 4) is 0 Å². The van der Waals surface area contributed by atoms with Gasteiger partial charge in [-0.15, -0.1) is 0 Å². The van der Waals surface area contributed by atoms with Gasteiger partial charge in [0.05, 0.1) is 5.54 Å². The van der Waals surface area contributed by atoms with Gasteiger partial charge in [0.1, 0.15) is 0 Å². The molecule has 25 heavy (non-hydrogen) atoms. The van der Waals surface area contributed by atoms with Crippen molar-refractivity contribution in [2.45, 2.75) is 117 Å². The van der Waals surface area contributed by atoms with E-state index in [0.29, 0.717) is 6.04 Å². The van der Waals surface area contributed by atoms with E-state index in [1.807, 2.05) is 5.17 Å². The summed E-state index contributed by atoms with van der Waals surface area (Å²) in [6.07, 6.45) is 16.6. The second-order valence-electron chi connectivity index (χ2n) is 8.87. The fourth-order valence-electron chi connectivity index (χ4n) is 4.68. The zero-order valence-corrected chi connectivity index (χ0v) is 18.7. The van der Waals surface area contributed by atoms with E-state index >= 15 is 0 Å². The van der Waals surface area contributed by atoms with Crippen LogP contribution in [-0.4, -0.2) is 25.2 Å². The molecule has 2 aliphatic rings. The van der Waals surface area contributed by atoms with Gasteiger partial charge in [-0.1, -0.05) is 74.9 Å². The van der Waals surface area contributed by atoms with E-state index in [0.717, 1.165) is 0 Å². The minimum absolute atomic E-state index is 0.0540. The van der Waals surface area contributed by atoms with Crippen LogP contribution in [0.2, 0.25) is 13.1 Å². The van der Waals surface area contributed by atoms with Gasteiger partial charge in [0.15, 0.2) is 0 Å². The molecule has 2 atom stereocenters. The third-order valence-electron chi connectivity index (χ3n) is 6.66. The molecule has 0 saturated heterocycles. The van der Waals surface area contributed by atoms with Crippen LogP contribution in [0.3, 0.4) is 0 Å². The van der Waals surface area contributed by atoms with Crippen molar-refractivity contribution in [1.29, 1.82) is 0 Å². The molecule has 1 N–H and O–H groups in total. The molecule has 0 heterocycles. The summed E-state index contributed by atoms with van der Waals surface area (Å²) in [5, 5.41) is 6.01. The van der Waals surface area contributed by atoms with Crippen LogP contribution in [0.25, 0.3) is 0 Å². The molecule has 142 valence electrons. The zero-order valence-electron chi connectivity index (χ0n) is 17.7. The molecule has 2 heteroatoms. The van der Waals surface area contributed by atoms with Crippen LogP contribution in [-0.2, 0) is 0 Å².